The molecule has 1 aromatic rings. The summed E-state index contributed by atoms with van der Waals surface area (Å²) in [4.78, 5) is 14.2. The molecule has 1 fully saturated rings. The Bertz CT molecular complexity index is 428. The number of amides is 1. The van der Waals surface area contributed by atoms with Crippen LogP contribution in [0.5, 0.6) is 0 Å². The van der Waals surface area contributed by atoms with Gasteiger partial charge in [0.05, 0.1) is 6.42 Å². The molecule has 1 aromatic carbocycles. The van der Waals surface area contributed by atoms with E-state index in [1.807, 2.05) is 30.0 Å². The number of carbonyl (C=O) groups is 1. The molecular weight excluding hydrogens is 224 g/mol. The quantitative estimate of drug-likeness (QED) is 0.883. The van der Waals surface area contributed by atoms with E-state index < -0.39 is 0 Å². The summed E-state index contributed by atoms with van der Waals surface area (Å²) in [7, 11) is 0. The third-order valence-electron chi connectivity index (χ3n) is 3.92. The number of likely N-dealkylation sites (tertiary alicyclic amines) is 1. The molecule has 0 spiro atoms. The van der Waals surface area contributed by atoms with Crippen LogP contribution < -0.4 is 5.73 Å². The molecule has 2 unspecified atom stereocenters. The van der Waals surface area contributed by atoms with Crippen LogP contribution in [-0.4, -0.2) is 29.9 Å². The van der Waals surface area contributed by atoms with Gasteiger partial charge in [0.15, 0.2) is 0 Å². The van der Waals surface area contributed by atoms with E-state index in [0.29, 0.717) is 12.3 Å². The molecule has 3 heteroatoms. The predicted molar refractivity (Wildman–Crippen MR) is 73.2 cm³/mol. The molecule has 2 atom stereocenters. The van der Waals surface area contributed by atoms with E-state index >= 15 is 0 Å². The monoisotopic (exact) mass is 246 g/mol. The summed E-state index contributed by atoms with van der Waals surface area (Å²) in [5.74, 6) is 0.693. The van der Waals surface area contributed by atoms with E-state index in [-0.39, 0.29) is 11.9 Å². The first-order valence-electron chi connectivity index (χ1n) is 6.66. The van der Waals surface area contributed by atoms with Crippen LogP contribution in [0.4, 0.5) is 0 Å². The lowest BCUT2D eigenvalue weighted by molar-refractivity contribution is -0.129. The van der Waals surface area contributed by atoms with Gasteiger partial charge in [0.2, 0.25) is 5.91 Å². The van der Waals surface area contributed by atoms with Gasteiger partial charge in [-0.15, -0.1) is 0 Å². The molecule has 0 aliphatic carbocycles. The van der Waals surface area contributed by atoms with Gasteiger partial charge < -0.3 is 10.6 Å². The highest BCUT2D eigenvalue weighted by Crippen LogP contribution is 2.20. The molecule has 0 bridgehead atoms. The highest BCUT2D eigenvalue weighted by atomic mass is 16.2. The van der Waals surface area contributed by atoms with Crippen molar-refractivity contribution in [2.45, 2.75) is 32.7 Å². The van der Waals surface area contributed by atoms with Crippen molar-refractivity contribution < 1.29 is 4.79 Å². The topological polar surface area (TPSA) is 46.3 Å². The Labute approximate surface area is 109 Å². The molecule has 0 aromatic heterocycles. The smallest absolute Gasteiger partial charge is 0.227 e. The Kier molecular flexibility index (Phi) is 4.02. The Balaban J connectivity index is 1.96. The normalized spacial score (nSPS) is 21.1. The van der Waals surface area contributed by atoms with Crippen molar-refractivity contribution in [3.8, 4) is 0 Å². The zero-order valence-electron chi connectivity index (χ0n) is 11.2. The van der Waals surface area contributed by atoms with E-state index in [4.69, 9.17) is 5.73 Å². The van der Waals surface area contributed by atoms with Gasteiger partial charge in [0.1, 0.15) is 0 Å². The van der Waals surface area contributed by atoms with E-state index in [1.54, 1.807) is 0 Å². The fraction of sp³-hybridized carbons (Fsp3) is 0.533. The molecule has 3 nitrogen and oxygen atoms in total. The average molecular weight is 246 g/mol. The predicted octanol–water partition coefficient (Wildman–Crippen LogP) is 1.73. The Hall–Kier alpha value is -1.35. The van der Waals surface area contributed by atoms with Gasteiger partial charge >= 0.3 is 0 Å². The fourth-order valence-corrected chi connectivity index (χ4v) is 2.53. The minimum atomic E-state index is 0.182. The highest BCUT2D eigenvalue weighted by molar-refractivity contribution is 5.79. The molecule has 98 valence electrons. The summed E-state index contributed by atoms with van der Waals surface area (Å²) < 4.78 is 0. The third kappa shape index (κ3) is 2.91. The van der Waals surface area contributed by atoms with Gasteiger partial charge in [0, 0.05) is 19.1 Å². The summed E-state index contributed by atoms with van der Waals surface area (Å²) >= 11 is 0. The van der Waals surface area contributed by atoms with Gasteiger partial charge in [-0.3, -0.25) is 4.79 Å². The van der Waals surface area contributed by atoms with Crippen LogP contribution in [0, 0.1) is 12.8 Å². The minimum absolute atomic E-state index is 0.182. The lowest BCUT2D eigenvalue weighted by Gasteiger charge is -2.18. The summed E-state index contributed by atoms with van der Waals surface area (Å²) in [6.07, 6.45) is 1.55. The van der Waals surface area contributed by atoms with Crippen LogP contribution in [0.25, 0.3) is 0 Å². The second-order valence-corrected chi connectivity index (χ2v) is 5.35. The van der Waals surface area contributed by atoms with Crippen molar-refractivity contribution in [3.05, 3.63) is 35.4 Å². The number of hydrogen-bond donors (Lipinski definition) is 1. The first kappa shape index (κ1) is 13.1. The number of carbonyl (C=O) groups excluding carboxylic acids is 1. The summed E-state index contributed by atoms with van der Waals surface area (Å²) in [5.41, 5.74) is 8.22. The molecule has 2 N–H and O–H groups in total. The van der Waals surface area contributed by atoms with E-state index in [1.165, 1.54) is 5.56 Å². The molecule has 1 saturated heterocycles. The second-order valence-electron chi connectivity index (χ2n) is 5.35. The molecule has 1 heterocycles. The lowest BCUT2D eigenvalue weighted by atomic mass is 10.0. The Morgan fingerprint density at radius 2 is 2.22 bits per heavy atom. The molecule has 1 amide bonds. The average Bonchev–Trinajstić information content (AvgIpc) is 2.81. The highest BCUT2D eigenvalue weighted by Gasteiger charge is 2.28. The van der Waals surface area contributed by atoms with E-state index in [9.17, 15) is 4.79 Å². The van der Waals surface area contributed by atoms with Crippen LogP contribution in [0.15, 0.2) is 24.3 Å². The number of nitrogens with zero attached hydrogens (tertiary/aromatic N) is 1. The van der Waals surface area contributed by atoms with Crippen molar-refractivity contribution in [1.29, 1.82) is 0 Å². The van der Waals surface area contributed by atoms with E-state index in [2.05, 4.69) is 13.0 Å². The fourth-order valence-electron chi connectivity index (χ4n) is 2.53. The van der Waals surface area contributed by atoms with Crippen LogP contribution in [0.2, 0.25) is 0 Å². The van der Waals surface area contributed by atoms with Crippen molar-refractivity contribution >= 4 is 5.91 Å². The molecular formula is C15H22N2O. The van der Waals surface area contributed by atoms with Crippen molar-refractivity contribution in [2.24, 2.45) is 11.7 Å². The van der Waals surface area contributed by atoms with Crippen LogP contribution >= 0.6 is 0 Å². The zero-order valence-corrected chi connectivity index (χ0v) is 11.2. The molecule has 0 radical (unpaired) electrons. The molecule has 1 aliphatic rings. The SMILES string of the molecule is Cc1ccccc1CC(=O)N1CCC(C(C)N)C1. The van der Waals surface area contributed by atoms with E-state index in [0.717, 1.165) is 25.1 Å². The maximum atomic E-state index is 12.2. The number of hydrogen-bond acceptors (Lipinski definition) is 2. The van der Waals surface area contributed by atoms with Gasteiger partial charge in [-0.05, 0) is 37.3 Å². The summed E-state index contributed by atoms with van der Waals surface area (Å²) in [6, 6.07) is 8.26. The summed E-state index contributed by atoms with van der Waals surface area (Å²) in [5, 5.41) is 0. The maximum Gasteiger partial charge on any atom is 0.227 e. The molecule has 1 aliphatic heterocycles. The lowest BCUT2D eigenvalue weighted by Crippen LogP contribution is -2.33. The van der Waals surface area contributed by atoms with Gasteiger partial charge in [-0.25, -0.2) is 0 Å². The number of nitrogens with two attached hydrogens (primary N) is 1. The first-order chi connectivity index (χ1) is 8.58. The second kappa shape index (κ2) is 5.53. The van der Waals surface area contributed by atoms with Gasteiger partial charge in [-0.1, -0.05) is 24.3 Å². The first-order valence-corrected chi connectivity index (χ1v) is 6.66. The summed E-state index contributed by atoms with van der Waals surface area (Å²) in [6.45, 7) is 5.76. The van der Waals surface area contributed by atoms with Crippen molar-refractivity contribution in [3.63, 3.8) is 0 Å². The number of rotatable bonds is 3. The van der Waals surface area contributed by atoms with Crippen LogP contribution in [-0.2, 0) is 11.2 Å². The maximum absolute atomic E-state index is 12.2. The minimum Gasteiger partial charge on any atom is -0.342 e. The van der Waals surface area contributed by atoms with Gasteiger partial charge in [-0.2, -0.15) is 0 Å². The van der Waals surface area contributed by atoms with Gasteiger partial charge in [0.25, 0.3) is 0 Å². The largest absolute Gasteiger partial charge is 0.342 e. The van der Waals surface area contributed by atoms with Crippen molar-refractivity contribution in [2.75, 3.05) is 13.1 Å². The Morgan fingerprint density at radius 3 is 2.83 bits per heavy atom. The van der Waals surface area contributed by atoms with Crippen LogP contribution in [0.1, 0.15) is 24.5 Å². The molecule has 0 saturated carbocycles. The third-order valence-corrected chi connectivity index (χ3v) is 3.92. The molecule has 2 rings (SSSR count). The molecule has 18 heavy (non-hydrogen) atoms. The number of benzene rings is 1. The van der Waals surface area contributed by atoms with Crippen molar-refractivity contribution in [1.82, 2.24) is 4.90 Å². The Morgan fingerprint density at radius 1 is 1.50 bits per heavy atom. The zero-order chi connectivity index (χ0) is 13.1. The number of aryl methyl sites for hydroxylation is 1. The van der Waals surface area contributed by atoms with Crippen LogP contribution in [0.3, 0.4) is 0 Å². The standard InChI is InChI=1S/C15H22N2O/c1-11-5-3-4-6-13(11)9-15(18)17-8-7-14(10-17)12(2)16/h3-6,12,14H,7-10,16H2,1-2H3.